The molecule has 8 heteroatoms. The monoisotopic (exact) mass is 333 g/mol. The van der Waals surface area contributed by atoms with E-state index in [4.69, 9.17) is 0 Å². The Hall–Kier alpha value is -0.960. The molecule has 0 radical (unpaired) electrons. The van der Waals surface area contributed by atoms with E-state index in [1.54, 1.807) is 12.3 Å². The zero-order valence-corrected chi connectivity index (χ0v) is 13.6. The second-order valence-electron chi connectivity index (χ2n) is 5.32. The fraction of sp³-hybridized carbons (Fsp3) is 0.615. The molecule has 0 aromatic carbocycles. The Bertz CT molecular complexity index is 629. The molecular weight excluding hydrogens is 314 g/mol. The van der Waals surface area contributed by atoms with Gasteiger partial charge < -0.3 is 9.84 Å². The largest absolute Gasteiger partial charge is 0.465 e. The summed E-state index contributed by atoms with van der Waals surface area (Å²) in [5.41, 5.74) is -0.320. The molecule has 0 unspecified atom stereocenters. The lowest BCUT2D eigenvalue weighted by Gasteiger charge is -2.27. The highest BCUT2D eigenvalue weighted by Gasteiger charge is 2.39. The fourth-order valence-electron chi connectivity index (χ4n) is 2.68. The van der Waals surface area contributed by atoms with Gasteiger partial charge in [0, 0.05) is 0 Å². The van der Waals surface area contributed by atoms with E-state index in [1.807, 2.05) is 0 Å². The van der Waals surface area contributed by atoms with E-state index < -0.39 is 21.5 Å². The van der Waals surface area contributed by atoms with E-state index in [9.17, 15) is 18.3 Å². The lowest BCUT2D eigenvalue weighted by Crippen LogP contribution is -2.49. The molecule has 1 heterocycles. The zero-order chi connectivity index (χ0) is 15.7. The van der Waals surface area contributed by atoms with E-state index in [-0.39, 0.29) is 16.4 Å². The van der Waals surface area contributed by atoms with Crippen LogP contribution in [0.1, 0.15) is 40.9 Å². The van der Waals surface area contributed by atoms with Crippen LogP contribution < -0.4 is 4.72 Å². The minimum atomic E-state index is -3.89. The van der Waals surface area contributed by atoms with Crippen molar-refractivity contribution in [1.82, 2.24) is 4.72 Å². The summed E-state index contributed by atoms with van der Waals surface area (Å²) in [6.07, 6.45) is 2.93. The highest BCUT2D eigenvalue weighted by molar-refractivity contribution is 7.89. The molecule has 0 aliphatic heterocycles. The molecular formula is C13H19NO5S2. The second kappa shape index (κ2) is 6.04. The molecule has 21 heavy (non-hydrogen) atoms. The van der Waals surface area contributed by atoms with Crippen LogP contribution in [0.5, 0.6) is 0 Å². The molecule has 118 valence electrons. The summed E-state index contributed by atoms with van der Waals surface area (Å²) < 4.78 is 32.5. The first-order chi connectivity index (χ1) is 9.85. The summed E-state index contributed by atoms with van der Waals surface area (Å²) in [4.78, 5) is 11.7. The molecule has 2 N–H and O–H groups in total. The summed E-state index contributed by atoms with van der Waals surface area (Å²) in [7, 11) is -2.67. The molecule has 1 aromatic rings. The van der Waals surface area contributed by atoms with E-state index >= 15 is 0 Å². The average Bonchev–Trinajstić information content (AvgIpc) is 3.05. The van der Waals surface area contributed by atoms with Gasteiger partial charge in [-0.3, -0.25) is 0 Å². The van der Waals surface area contributed by atoms with E-state index in [2.05, 4.69) is 9.46 Å². The number of hydrogen-bond donors (Lipinski definition) is 2. The van der Waals surface area contributed by atoms with E-state index in [1.165, 1.54) is 7.11 Å². The van der Waals surface area contributed by atoms with Crippen molar-refractivity contribution < 1.29 is 23.1 Å². The first-order valence-corrected chi connectivity index (χ1v) is 9.03. The van der Waals surface area contributed by atoms with Crippen molar-refractivity contribution in [3.8, 4) is 0 Å². The van der Waals surface area contributed by atoms with Crippen LogP contribution in [0.15, 0.2) is 10.3 Å². The van der Waals surface area contributed by atoms with Crippen LogP contribution in [0.4, 0.5) is 0 Å². The Kier molecular flexibility index (Phi) is 4.72. The molecule has 0 atom stereocenters. The SMILES string of the molecule is COC(=O)c1scc(C)c1S(=O)(=O)NC1(CO)CCCC1. The predicted octanol–water partition coefficient (Wildman–Crippen LogP) is 1.43. The summed E-state index contributed by atoms with van der Waals surface area (Å²) in [5, 5.41) is 11.2. The van der Waals surface area contributed by atoms with Gasteiger partial charge in [-0.2, -0.15) is 0 Å². The number of nitrogens with one attached hydrogen (secondary N) is 1. The summed E-state index contributed by atoms with van der Waals surface area (Å²) >= 11 is 1.04. The Morgan fingerprint density at radius 2 is 2.10 bits per heavy atom. The number of carbonyl (C=O) groups excluding carboxylic acids is 1. The minimum absolute atomic E-state index is 0.0425. The maximum atomic E-state index is 12.7. The summed E-state index contributed by atoms with van der Waals surface area (Å²) in [6, 6.07) is 0. The van der Waals surface area contributed by atoms with Gasteiger partial charge in [0.25, 0.3) is 0 Å². The molecule has 1 saturated carbocycles. The molecule has 1 aromatic heterocycles. The highest BCUT2D eigenvalue weighted by Crippen LogP contribution is 2.33. The van der Waals surface area contributed by atoms with Crippen LogP contribution >= 0.6 is 11.3 Å². The summed E-state index contributed by atoms with van der Waals surface area (Å²) in [5.74, 6) is -0.669. The number of aliphatic hydroxyl groups is 1. The van der Waals surface area contributed by atoms with Crippen LogP contribution in [0.2, 0.25) is 0 Å². The lowest BCUT2D eigenvalue weighted by atomic mass is 10.0. The maximum Gasteiger partial charge on any atom is 0.349 e. The number of ether oxygens (including phenoxy) is 1. The van der Waals surface area contributed by atoms with Crippen LogP contribution in [0.25, 0.3) is 0 Å². The third-order valence-corrected chi connectivity index (χ3v) is 6.74. The van der Waals surface area contributed by atoms with Gasteiger partial charge in [0.1, 0.15) is 9.77 Å². The third-order valence-electron chi connectivity index (χ3n) is 3.77. The van der Waals surface area contributed by atoms with Crippen molar-refractivity contribution in [2.45, 2.75) is 43.0 Å². The predicted molar refractivity (Wildman–Crippen MR) is 79.0 cm³/mol. The van der Waals surface area contributed by atoms with Gasteiger partial charge >= 0.3 is 5.97 Å². The number of thiophene rings is 1. The summed E-state index contributed by atoms with van der Waals surface area (Å²) in [6.45, 7) is 1.39. The normalized spacial score (nSPS) is 17.9. The first-order valence-electron chi connectivity index (χ1n) is 6.66. The molecule has 6 nitrogen and oxygen atoms in total. The maximum absolute atomic E-state index is 12.7. The molecule has 1 fully saturated rings. The van der Waals surface area contributed by atoms with Crippen LogP contribution in [0.3, 0.4) is 0 Å². The lowest BCUT2D eigenvalue weighted by molar-refractivity contribution is 0.0602. The topological polar surface area (TPSA) is 92.7 Å². The van der Waals surface area contributed by atoms with Gasteiger partial charge in [-0.25, -0.2) is 17.9 Å². The first kappa shape index (κ1) is 16.4. The standard InChI is InChI=1S/C13H19NO5S2/c1-9-7-20-10(12(16)19-2)11(9)21(17,18)14-13(8-15)5-3-4-6-13/h7,14-15H,3-6,8H2,1-2H3. The van der Waals surface area contributed by atoms with Gasteiger partial charge in [-0.15, -0.1) is 11.3 Å². The Balaban J connectivity index is 2.40. The number of aryl methyl sites for hydroxylation is 1. The van der Waals surface area contributed by atoms with Gasteiger partial charge in [0.05, 0.1) is 19.3 Å². The van der Waals surface area contributed by atoms with Gasteiger partial charge in [0.15, 0.2) is 0 Å². The number of methoxy groups -OCH3 is 1. The van der Waals surface area contributed by atoms with Gasteiger partial charge in [-0.1, -0.05) is 12.8 Å². The van der Waals surface area contributed by atoms with E-state index in [0.717, 1.165) is 24.2 Å². The third kappa shape index (κ3) is 3.13. The smallest absolute Gasteiger partial charge is 0.349 e. The zero-order valence-electron chi connectivity index (χ0n) is 12.0. The Morgan fingerprint density at radius 3 is 2.62 bits per heavy atom. The van der Waals surface area contributed by atoms with Crippen molar-refractivity contribution in [3.63, 3.8) is 0 Å². The number of sulfonamides is 1. The van der Waals surface area contributed by atoms with Crippen molar-refractivity contribution in [2.24, 2.45) is 0 Å². The number of hydrogen-bond acceptors (Lipinski definition) is 6. The van der Waals surface area contributed by atoms with Gasteiger partial charge in [0.2, 0.25) is 10.0 Å². The van der Waals surface area contributed by atoms with Crippen molar-refractivity contribution in [1.29, 1.82) is 0 Å². The van der Waals surface area contributed by atoms with Crippen molar-refractivity contribution in [3.05, 3.63) is 15.8 Å². The molecule has 1 aliphatic rings. The molecule has 0 bridgehead atoms. The van der Waals surface area contributed by atoms with Crippen LogP contribution in [-0.4, -0.2) is 38.7 Å². The molecule has 0 amide bonds. The highest BCUT2D eigenvalue weighted by atomic mass is 32.2. The number of aliphatic hydroxyl groups excluding tert-OH is 1. The van der Waals surface area contributed by atoms with Crippen LogP contribution in [0, 0.1) is 6.92 Å². The number of esters is 1. The number of carbonyl (C=O) groups is 1. The van der Waals surface area contributed by atoms with Crippen molar-refractivity contribution >= 4 is 27.3 Å². The Morgan fingerprint density at radius 1 is 1.48 bits per heavy atom. The minimum Gasteiger partial charge on any atom is -0.465 e. The van der Waals surface area contributed by atoms with Gasteiger partial charge in [-0.05, 0) is 30.7 Å². The van der Waals surface area contributed by atoms with Crippen LogP contribution in [-0.2, 0) is 14.8 Å². The Labute approximate surface area is 128 Å². The quantitative estimate of drug-likeness (QED) is 0.795. The average molecular weight is 333 g/mol. The van der Waals surface area contributed by atoms with Crippen molar-refractivity contribution in [2.75, 3.05) is 13.7 Å². The molecule has 0 spiro atoms. The molecule has 0 saturated heterocycles. The second-order valence-corrected chi connectivity index (χ2v) is 7.82. The number of rotatable bonds is 5. The molecule has 1 aliphatic carbocycles. The van der Waals surface area contributed by atoms with E-state index in [0.29, 0.717) is 18.4 Å². The molecule has 2 rings (SSSR count). The fourth-order valence-corrected chi connectivity index (χ4v) is 5.84.